The summed E-state index contributed by atoms with van der Waals surface area (Å²) in [5.41, 5.74) is 8.74. The maximum absolute atomic E-state index is 4.76. The molecule has 1 aromatic carbocycles. The quantitative estimate of drug-likeness (QED) is 0.571. The molecule has 4 heteroatoms. The van der Waals surface area contributed by atoms with Gasteiger partial charge in [0.15, 0.2) is 0 Å². The monoisotopic (exact) mass is 342 g/mol. The zero-order valence-electron chi connectivity index (χ0n) is 15.3. The molecule has 130 valence electrons. The summed E-state index contributed by atoms with van der Waals surface area (Å²) in [5, 5.41) is 3.47. The highest BCUT2D eigenvalue weighted by Crippen LogP contribution is 2.22. The summed E-state index contributed by atoms with van der Waals surface area (Å²) in [4.78, 5) is 9.28. The largest absolute Gasteiger partial charge is 0.381 e. The van der Waals surface area contributed by atoms with Crippen molar-refractivity contribution >= 4 is 11.3 Å². The van der Waals surface area contributed by atoms with Gasteiger partial charge in [0, 0.05) is 41.6 Å². The highest BCUT2D eigenvalue weighted by atomic mass is 15.0. The maximum Gasteiger partial charge on any atom is 0.140 e. The van der Waals surface area contributed by atoms with E-state index >= 15 is 0 Å². The molecule has 0 saturated carbocycles. The van der Waals surface area contributed by atoms with Crippen molar-refractivity contribution in [1.82, 2.24) is 14.4 Å². The van der Waals surface area contributed by atoms with Crippen molar-refractivity contribution in [2.75, 3.05) is 5.32 Å². The van der Waals surface area contributed by atoms with E-state index in [1.165, 1.54) is 11.1 Å². The third-order valence-corrected chi connectivity index (χ3v) is 4.68. The molecule has 0 bridgehead atoms. The van der Waals surface area contributed by atoms with Crippen molar-refractivity contribution in [1.29, 1.82) is 0 Å². The average molecular weight is 342 g/mol. The molecule has 0 aliphatic rings. The molecule has 0 saturated heterocycles. The molecule has 0 unspecified atom stereocenters. The summed E-state index contributed by atoms with van der Waals surface area (Å²) in [7, 11) is 0. The van der Waals surface area contributed by atoms with E-state index in [9.17, 15) is 0 Å². The lowest BCUT2D eigenvalue weighted by Crippen LogP contribution is -2.03. The molecule has 4 aromatic rings. The van der Waals surface area contributed by atoms with Gasteiger partial charge < -0.3 is 9.72 Å². The number of pyridine rings is 2. The van der Waals surface area contributed by atoms with E-state index in [2.05, 4.69) is 77.2 Å². The Hall–Kier alpha value is -3.14. The normalized spacial score (nSPS) is 11.0. The van der Waals surface area contributed by atoms with Crippen molar-refractivity contribution in [2.45, 2.75) is 27.3 Å². The predicted octanol–water partition coefficient (Wildman–Crippen LogP) is 4.93. The number of fused-ring (bicyclic) bond motifs is 1. The van der Waals surface area contributed by atoms with E-state index in [-0.39, 0.29) is 0 Å². The van der Waals surface area contributed by atoms with Crippen LogP contribution >= 0.6 is 0 Å². The lowest BCUT2D eigenvalue weighted by Gasteiger charge is -2.09. The second kappa shape index (κ2) is 6.64. The van der Waals surface area contributed by atoms with Gasteiger partial charge in [-0.2, -0.15) is 0 Å². The number of rotatable bonds is 4. The predicted molar refractivity (Wildman–Crippen MR) is 106 cm³/mol. The molecule has 26 heavy (non-hydrogen) atoms. The van der Waals surface area contributed by atoms with Gasteiger partial charge in [0.1, 0.15) is 5.65 Å². The van der Waals surface area contributed by atoms with Gasteiger partial charge in [-0.05, 0) is 56.2 Å². The van der Waals surface area contributed by atoms with Gasteiger partial charge in [0.05, 0.1) is 5.69 Å². The Morgan fingerprint density at radius 3 is 2.46 bits per heavy atom. The second-order valence-electron chi connectivity index (χ2n) is 6.68. The summed E-state index contributed by atoms with van der Waals surface area (Å²) in [6, 6.07) is 16.7. The number of benzene rings is 1. The number of nitrogens with zero attached hydrogens (tertiary/aromatic N) is 3. The number of imidazole rings is 1. The third-order valence-electron chi connectivity index (χ3n) is 4.68. The summed E-state index contributed by atoms with van der Waals surface area (Å²) < 4.78 is 2.07. The Bertz CT molecular complexity index is 1060. The molecule has 0 fully saturated rings. The van der Waals surface area contributed by atoms with E-state index in [0.29, 0.717) is 0 Å². The summed E-state index contributed by atoms with van der Waals surface area (Å²) >= 11 is 0. The first-order valence-electron chi connectivity index (χ1n) is 8.82. The van der Waals surface area contributed by atoms with Gasteiger partial charge in [0.2, 0.25) is 0 Å². The second-order valence-corrected chi connectivity index (χ2v) is 6.68. The van der Waals surface area contributed by atoms with Crippen LogP contribution in [0.4, 0.5) is 5.69 Å². The Labute approximate surface area is 153 Å². The minimum atomic E-state index is 0.770. The zero-order chi connectivity index (χ0) is 18.1. The SMILES string of the molecule is Cc1ccc(CNc2ccc(-c3cn4cccc(C)c4n3)cc2)c(C)n1. The van der Waals surface area contributed by atoms with E-state index in [1.54, 1.807) is 0 Å². The van der Waals surface area contributed by atoms with Crippen LogP contribution in [-0.2, 0) is 6.54 Å². The Kier molecular flexibility index (Phi) is 4.17. The third kappa shape index (κ3) is 3.18. The van der Waals surface area contributed by atoms with Crippen LogP contribution in [0.15, 0.2) is 60.9 Å². The fourth-order valence-electron chi connectivity index (χ4n) is 3.15. The first-order chi connectivity index (χ1) is 12.6. The van der Waals surface area contributed by atoms with Gasteiger partial charge in [-0.1, -0.05) is 24.3 Å². The lowest BCUT2D eigenvalue weighted by atomic mass is 10.1. The summed E-state index contributed by atoms with van der Waals surface area (Å²) in [5.74, 6) is 0. The molecule has 3 aromatic heterocycles. The molecule has 0 aliphatic heterocycles. The molecule has 0 atom stereocenters. The standard InChI is InChI=1S/C22H22N4/c1-15-5-4-12-26-14-21(25-22(15)26)18-8-10-20(11-9-18)23-13-19-7-6-16(2)24-17(19)3/h4-12,14,23H,13H2,1-3H3. The van der Waals surface area contributed by atoms with E-state index in [0.717, 1.165) is 40.5 Å². The van der Waals surface area contributed by atoms with Crippen LogP contribution in [0.1, 0.15) is 22.5 Å². The topological polar surface area (TPSA) is 42.2 Å². The van der Waals surface area contributed by atoms with E-state index in [1.807, 2.05) is 19.2 Å². The van der Waals surface area contributed by atoms with Crippen LogP contribution in [0.5, 0.6) is 0 Å². The number of anilines is 1. The number of nitrogens with one attached hydrogen (secondary N) is 1. The van der Waals surface area contributed by atoms with Crippen LogP contribution in [0, 0.1) is 20.8 Å². The molecule has 4 nitrogen and oxygen atoms in total. The molecule has 1 N–H and O–H groups in total. The van der Waals surface area contributed by atoms with Crippen LogP contribution in [0.3, 0.4) is 0 Å². The minimum Gasteiger partial charge on any atom is -0.381 e. The molecule has 0 amide bonds. The first-order valence-corrected chi connectivity index (χ1v) is 8.82. The average Bonchev–Trinajstić information content (AvgIpc) is 3.07. The van der Waals surface area contributed by atoms with Gasteiger partial charge in [-0.25, -0.2) is 4.98 Å². The number of hydrogen-bond donors (Lipinski definition) is 1. The van der Waals surface area contributed by atoms with Gasteiger partial charge in [0.25, 0.3) is 0 Å². The minimum absolute atomic E-state index is 0.770. The Balaban J connectivity index is 1.51. The van der Waals surface area contributed by atoms with Crippen LogP contribution < -0.4 is 5.32 Å². The Morgan fingerprint density at radius 1 is 0.923 bits per heavy atom. The van der Waals surface area contributed by atoms with Gasteiger partial charge >= 0.3 is 0 Å². The molecule has 3 heterocycles. The smallest absolute Gasteiger partial charge is 0.140 e. The highest BCUT2D eigenvalue weighted by molar-refractivity contribution is 5.66. The van der Waals surface area contributed by atoms with E-state index < -0.39 is 0 Å². The fourth-order valence-corrected chi connectivity index (χ4v) is 3.15. The Morgan fingerprint density at radius 2 is 1.73 bits per heavy atom. The summed E-state index contributed by atoms with van der Waals surface area (Å²) in [6.07, 6.45) is 4.11. The van der Waals surface area contributed by atoms with Gasteiger partial charge in [-0.15, -0.1) is 0 Å². The number of hydrogen-bond acceptors (Lipinski definition) is 3. The highest BCUT2D eigenvalue weighted by Gasteiger charge is 2.06. The van der Waals surface area contributed by atoms with Crippen LogP contribution in [-0.4, -0.2) is 14.4 Å². The number of aromatic nitrogens is 3. The fraction of sp³-hybridized carbons (Fsp3) is 0.182. The molecule has 0 radical (unpaired) electrons. The lowest BCUT2D eigenvalue weighted by molar-refractivity contribution is 1.03. The van der Waals surface area contributed by atoms with E-state index in [4.69, 9.17) is 4.98 Å². The van der Waals surface area contributed by atoms with Crippen molar-refractivity contribution in [3.05, 3.63) is 83.4 Å². The maximum atomic E-state index is 4.76. The van der Waals surface area contributed by atoms with Crippen molar-refractivity contribution in [2.24, 2.45) is 0 Å². The number of aryl methyl sites for hydroxylation is 3. The van der Waals surface area contributed by atoms with Gasteiger partial charge in [-0.3, -0.25) is 4.98 Å². The molecule has 4 rings (SSSR count). The van der Waals surface area contributed by atoms with Crippen LogP contribution in [0.2, 0.25) is 0 Å². The zero-order valence-corrected chi connectivity index (χ0v) is 15.3. The molecule has 0 spiro atoms. The molecular weight excluding hydrogens is 320 g/mol. The summed E-state index contributed by atoms with van der Waals surface area (Å²) in [6.45, 7) is 6.93. The van der Waals surface area contributed by atoms with Crippen molar-refractivity contribution < 1.29 is 0 Å². The van der Waals surface area contributed by atoms with Crippen molar-refractivity contribution in [3.8, 4) is 11.3 Å². The van der Waals surface area contributed by atoms with Crippen LogP contribution in [0.25, 0.3) is 16.9 Å². The first kappa shape index (κ1) is 16.3. The molecular formula is C22H22N4. The molecule has 0 aliphatic carbocycles. The van der Waals surface area contributed by atoms with Crippen molar-refractivity contribution in [3.63, 3.8) is 0 Å².